The van der Waals surface area contributed by atoms with Crippen molar-refractivity contribution in [1.82, 2.24) is 25.1 Å². The Kier molecular flexibility index (Phi) is 7.53. The normalized spacial score (nSPS) is 11.2. The third-order valence-corrected chi connectivity index (χ3v) is 6.97. The summed E-state index contributed by atoms with van der Waals surface area (Å²) in [5, 5.41) is 13.6. The first-order valence-corrected chi connectivity index (χ1v) is 13.1. The minimum atomic E-state index is -4.02. The van der Waals surface area contributed by atoms with Crippen LogP contribution in [-0.4, -0.2) is 46.8 Å². The van der Waals surface area contributed by atoms with E-state index >= 15 is 0 Å². The highest BCUT2D eigenvalue weighted by Crippen LogP contribution is 2.32. The van der Waals surface area contributed by atoms with Crippen molar-refractivity contribution in [2.24, 2.45) is 7.05 Å². The first-order chi connectivity index (χ1) is 18.1. The highest BCUT2D eigenvalue weighted by Gasteiger charge is 2.20. The summed E-state index contributed by atoms with van der Waals surface area (Å²) in [6.07, 6.45) is 3.69. The van der Waals surface area contributed by atoms with Crippen molar-refractivity contribution in [2.45, 2.75) is 25.7 Å². The number of carbonyl (C=O) groups excluding carboxylic acids is 1. The van der Waals surface area contributed by atoms with Crippen molar-refractivity contribution in [1.29, 1.82) is 5.41 Å². The first kappa shape index (κ1) is 26.5. The van der Waals surface area contributed by atoms with Gasteiger partial charge in [0, 0.05) is 36.7 Å². The van der Waals surface area contributed by atoms with E-state index in [1.54, 1.807) is 31.3 Å². The van der Waals surface area contributed by atoms with Crippen LogP contribution in [0.4, 0.5) is 5.95 Å². The molecule has 2 heterocycles. The zero-order chi connectivity index (χ0) is 27.4. The van der Waals surface area contributed by atoms with Crippen LogP contribution in [0, 0.1) is 26.2 Å². The Labute approximate surface area is 220 Å². The molecule has 0 aliphatic heterocycles. The number of aromatic nitrogens is 4. The van der Waals surface area contributed by atoms with Crippen LogP contribution in [0.1, 0.15) is 27.0 Å². The zero-order valence-corrected chi connectivity index (χ0v) is 22.1. The number of hydrogen-bond acceptors (Lipinski definition) is 8. The fourth-order valence-corrected chi connectivity index (χ4v) is 4.72. The SMILES string of the molecule is Cc1ccc(C(=O)NCC=N)cc1Oc1cc(-c2c(C)cccc2C)nc(NS(=O)(=O)c2cnn(C)c2)n1. The van der Waals surface area contributed by atoms with Crippen molar-refractivity contribution in [2.75, 3.05) is 11.3 Å². The third-order valence-electron chi connectivity index (χ3n) is 5.69. The van der Waals surface area contributed by atoms with Gasteiger partial charge in [0.25, 0.3) is 15.9 Å². The minimum absolute atomic E-state index is 0.0389. The summed E-state index contributed by atoms with van der Waals surface area (Å²) in [7, 11) is -2.41. The topological polar surface area (TPSA) is 152 Å². The predicted molar refractivity (Wildman–Crippen MR) is 143 cm³/mol. The fraction of sp³-hybridized carbons (Fsp3) is 0.192. The number of hydrogen-bond donors (Lipinski definition) is 3. The van der Waals surface area contributed by atoms with Crippen molar-refractivity contribution < 1.29 is 17.9 Å². The van der Waals surface area contributed by atoms with Gasteiger partial charge in [0.15, 0.2) is 0 Å². The number of aryl methyl sites for hydroxylation is 4. The summed E-state index contributed by atoms with van der Waals surface area (Å²) >= 11 is 0. The highest BCUT2D eigenvalue weighted by molar-refractivity contribution is 7.92. The van der Waals surface area contributed by atoms with Crippen LogP contribution in [0.15, 0.2) is 59.8 Å². The standard InChI is InChI=1S/C26H27N7O4S/c1-16-8-9-19(25(34)28-11-10-27)12-22(16)37-23-13-21(24-17(2)6-5-7-18(24)3)30-26(31-23)32-38(35,36)20-14-29-33(4)15-20/h5-10,12-15,27H,11H2,1-4H3,(H,28,34)(H,30,31,32). The number of ether oxygens (including phenoxy) is 1. The molecule has 4 aromatic rings. The van der Waals surface area contributed by atoms with Gasteiger partial charge >= 0.3 is 0 Å². The van der Waals surface area contributed by atoms with Gasteiger partial charge in [-0.25, -0.2) is 18.1 Å². The van der Waals surface area contributed by atoms with Crippen molar-refractivity contribution >= 4 is 28.1 Å². The van der Waals surface area contributed by atoms with Crippen LogP contribution in [-0.2, 0) is 17.1 Å². The molecule has 0 aliphatic carbocycles. The van der Waals surface area contributed by atoms with Crippen molar-refractivity contribution in [3.63, 3.8) is 0 Å². The molecular formula is C26H27N7O4S. The number of rotatable bonds is 9. The van der Waals surface area contributed by atoms with E-state index < -0.39 is 10.0 Å². The minimum Gasteiger partial charge on any atom is -0.439 e. The molecule has 0 spiro atoms. The van der Waals surface area contributed by atoms with E-state index in [2.05, 4.69) is 25.1 Å². The average Bonchev–Trinajstić information content (AvgIpc) is 3.31. The molecule has 2 aromatic heterocycles. The van der Waals surface area contributed by atoms with Crippen LogP contribution >= 0.6 is 0 Å². The summed E-state index contributed by atoms with van der Waals surface area (Å²) in [5.41, 5.74) is 4.24. The molecule has 0 fully saturated rings. The maximum atomic E-state index is 13.0. The molecule has 196 valence electrons. The number of carbonyl (C=O) groups is 1. The predicted octanol–water partition coefficient (Wildman–Crippen LogP) is 3.77. The summed E-state index contributed by atoms with van der Waals surface area (Å²) in [5.74, 6) is -0.0925. The fourth-order valence-electron chi connectivity index (χ4n) is 3.80. The number of nitrogens with one attached hydrogen (secondary N) is 3. The lowest BCUT2D eigenvalue weighted by Gasteiger charge is -2.15. The smallest absolute Gasteiger partial charge is 0.267 e. The van der Waals surface area contributed by atoms with E-state index in [-0.39, 0.29) is 29.2 Å². The van der Waals surface area contributed by atoms with Crippen LogP contribution in [0.25, 0.3) is 11.3 Å². The Hall–Kier alpha value is -4.58. The van der Waals surface area contributed by atoms with E-state index in [0.29, 0.717) is 17.0 Å². The number of amides is 1. The molecule has 2 aromatic carbocycles. The Morgan fingerprint density at radius 2 is 1.82 bits per heavy atom. The molecule has 0 aliphatic rings. The van der Waals surface area contributed by atoms with Crippen LogP contribution in [0.5, 0.6) is 11.6 Å². The molecule has 12 heteroatoms. The molecule has 11 nitrogen and oxygen atoms in total. The van der Waals surface area contributed by atoms with E-state index in [0.717, 1.165) is 28.5 Å². The van der Waals surface area contributed by atoms with Gasteiger partial charge in [-0.3, -0.25) is 9.48 Å². The number of benzene rings is 2. The van der Waals surface area contributed by atoms with Gasteiger partial charge in [0.1, 0.15) is 10.6 Å². The van der Waals surface area contributed by atoms with Gasteiger partial charge in [0.2, 0.25) is 11.8 Å². The molecule has 38 heavy (non-hydrogen) atoms. The van der Waals surface area contributed by atoms with Gasteiger partial charge in [0.05, 0.1) is 18.4 Å². The Bertz CT molecular complexity index is 1610. The van der Waals surface area contributed by atoms with Crippen molar-refractivity contribution in [3.05, 3.63) is 77.1 Å². The maximum Gasteiger partial charge on any atom is 0.267 e. The Morgan fingerprint density at radius 3 is 2.47 bits per heavy atom. The molecule has 0 atom stereocenters. The van der Waals surface area contributed by atoms with Gasteiger partial charge in [-0.1, -0.05) is 24.3 Å². The maximum absolute atomic E-state index is 13.0. The second kappa shape index (κ2) is 10.8. The number of anilines is 1. The molecule has 0 unspecified atom stereocenters. The van der Waals surface area contributed by atoms with E-state index in [1.807, 2.05) is 39.0 Å². The molecule has 3 N–H and O–H groups in total. The van der Waals surface area contributed by atoms with E-state index in [1.165, 1.54) is 17.1 Å². The second-order valence-electron chi connectivity index (χ2n) is 8.63. The molecule has 4 rings (SSSR count). The number of sulfonamides is 1. The van der Waals surface area contributed by atoms with Gasteiger partial charge in [-0.2, -0.15) is 10.1 Å². The number of nitrogens with zero attached hydrogens (tertiary/aromatic N) is 4. The van der Waals surface area contributed by atoms with Crippen LogP contribution in [0.2, 0.25) is 0 Å². The van der Waals surface area contributed by atoms with Crippen LogP contribution in [0.3, 0.4) is 0 Å². The molecule has 0 bridgehead atoms. The zero-order valence-electron chi connectivity index (χ0n) is 21.3. The molecule has 1 amide bonds. The quantitative estimate of drug-likeness (QED) is 0.277. The van der Waals surface area contributed by atoms with Crippen LogP contribution < -0.4 is 14.8 Å². The summed E-state index contributed by atoms with van der Waals surface area (Å²) in [6, 6.07) is 12.4. The molecule has 0 radical (unpaired) electrons. The summed E-state index contributed by atoms with van der Waals surface area (Å²) < 4.78 is 35.8. The van der Waals surface area contributed by atoms with Gasteiger partial charge < -0.3 is 15.5 Å². The average molecular weight is 534 g/mol. The lowest BCUT2D eigenvalue weighted by Crippen LogP contribution is -2.24. The van der Waals surface area contributed by atoms with Gasteiger partial charge in [-0.05, 0) is 49.6 Å². The summed E-state index contributed by atoms with van der Waals surface area (Å²) in [4.78, 5) is 21.2. The first-order valence-electron chi connectivity index (χ1n) is 11.6. The Balaban J connectivity index is 1.78. The van der Waals surface area contributed by atoms with E-state index in [9.17, 15) is 13.2 Å². The molecule has 0 saturated carbocycles. The molecule has 0 saturated heterocycles. The van der Waals surface area contributed by atoms with Crippen molar-refractivity contribution in [3.8, 4) is 22.9 Å². The highest BCUT2D eigenvalue weighted by atomic mass is 32.2. The summed E-state index contributed by atoms with van der Waals surface area (Å²) in [6.45, 7) is 5.79. The largest absolute Gasteiger partial charge is 0.439 e. The molecular weight excluding hydrogens is 506 g/mol. The monoisotopic (exact) mass is 533 g/mol. The van der Waals surface area contributed by atoms with E-state index in [4.69, 9.17) is 10.1 Å². The lowest BCUT2D eigenvalue weighted by molar-refractivity contribution is 0.0959. The lowest BCUT2D eigenvalue weighted by atomic mass is 10.00. The Morgan fingerprint density at radius 1 is 1.08 bits per heavy atom. The van der Waals surface area contributed by atoms with Gasteiger partial charge in [-0.15, -0.1) is 0 Å². The second-order valence-corrected chi connectivity index (χ2v) is 10.3. The third kappa shape index (κ3) is 5.86.